The Balaban J connectivity index is 1.84. The lowest BCUT2D eigenvalue weighted by Crippen LogP contribution is -2.34. The Morgan fingerprint density at radius 3 is 1.50 bits per heavy atom. The monoisotopic (exact) mass is 194 g/mol. The van der Waals surface area contributed by atoms with Crippen LogP contribution in [0.1, 0.15) is 0 Å². The molecule has 2 heterocycles. The lowest BCUT2D eigenvalue weighted by Gasteiger charge is -2.20. The summed E-state index contributed by atoms with van der Waals surface area (Å²) in [6, 6.07) is 0. The van der Waals surface area contributed by atoms with E-state index in [1.54, 1.807) is 0 Å². The van der Waals surface area contributed by atoms with Gasteiger partial charge in [0.2, 0.25) is 0 Å². The van der Waals surface area contributed by atoms with E-state index in [4.69, 9.17) is 30.5 Å². The van der Waals surface area contributed by atoms with E-state index >= 15 is 0 Å². The van der Waals surface area contributed by atoms with Crippen LogP contribution in [0, 0.1) is 0 Å². The van der Waals surface area contributed by atoms with Crippen molar-refractivity contribution in [2.75, 3.05) is 26.4 Å². The van der Waals surface area contributed by atoms with E-state index in [1.165, 1.54) is 0 Å². The summed E-state index contributed by atoms with van der Waals surface area (Å²) >= 11 is 5.99. The van der Waals surface area contributed by atoms with Crippen molar-refractivity contribution in [1.29, 1.82) is 0 Å². The average molecular weight is 195 g/mol. The Kier molecular flexibility index (Phi) is 2.83. The number of rotatable bonds is 2. The maximum absolute atomic E-state index is 5.99. The topological polar surface area (TPSA) is 36.9 Å². The number of alkyl halides is 1. The van der Waals surface area contributed by atoms with Gasteiger partial charge in [-0.3, -0.25) is 0 Å². The van der Waals surface area contributed by atoms with Crippen LogP contribution in [0.25, 0.3) is 0 Å². The molecule has 0 aliphatic carbocycles. The summed E-state index contributed by atoms with van der Waals surface area (Å²) < 4.78 is 20.9. The molecule has 0 spiro atoms. The van der Waals surface area contributed by atoms with E-state index in [1.807, 2.05) is 0 Å². The van der Waals surface area contributed by atoms with Gasteiger partial charge in [-0.2, -0.15) is 0 Å². The number of hydrogen-bond donors (Lipinski definition) is 0. The van der Waals surface area contributed by atoms with Gasteiger partial charge in [0.1, 0.15) is 5.38 Å². The number of ether oxygens (including phenoxy) is 4. The Morgan fingerprint density at radius 2 is 1.17 bits per heavy atom. The summed E-state index contributed by atoms with van der Waals surface area (Å²) in [6.45, 7) is 2.39. The van der Waals surface area contributed by atoms with E-state index in [0.29, 0.717) is 26.4 Å². The van der Waals surface area contributed by atoms with E-state index in [2.05, 4.69) is 0 Å². The quantitative estimate of drug-likeness (QED) is 0.594. The molecule has 2 fully saturated rings. The summed E-state index contributed by atoms with van der Waals surface area (Å²) in [4.78, 5) is 0. The standard InChI is InChI=1S/C7H11ClO4/c8-5(6-9-1-2-10-6)7-11-3-4-12-7/h5-7H,1-4H2. The SMILES string of the molecule is ClC(C1OCCO1)C1OCCO1. The van der Waals surface area contributed by atoms with Crippen molar-refractivity contribution < 1.29 is 18.9 Å². The molecule has 0 saturated carbocycles. The molecule has 0 atom stereocenters. The molecular formula is C7H11ClO4. The zero-order chi connectivity index (χ0) is 8.39. The molecule has 2 rings (SSSR count). The minimum atomic E-state index is -0.380. The van der Waals surface area contributed by atoms with Gasteiger partial charge in [0, 0.05) is 0 Å². The van der Waals surface area contributed by atoms with Crippen molar-refractivity contribution in [2.24, 2.45) is 0 Å². The van der Waals surface area contributed by atoms with Gasteiger partial charge >= 0.3 is 0 Å². The Hall–Kier alpha value is 0.130. The van der Waals surface area contributed by atoms with Gasteiger partial charge in [-0.15, -0.1) is 11.6 Å². The van der Waals surface area contributed by atoms with Crippen LogP contribution in [0.4, 0.5) is 0 Å². The van der Waals surface area contributed by atoms with Gasteiger partial charge in [0.15, 0.2) is 12.6 Å². The first-order chi connectivity index (χ1) is 5.88. The minimum absolute atomic E-state index is 0.366. The zero-order valence-corrected chi connectivity index (χ0v) is 7.33. The molecule has 0 bridgehead atoms. The van der Waals surface area contributed by atoms with Crippen LogP contribution < -0.4 is 0 Å². The van der Waals surface area contributed by atoms with E-state index in [9.17, 15) is 0 Å². The first-order valence-electron chi connectivity index (χ1n) is 3.98. The molecule has 2 saturated heterocycles. The van der Waals surface area contributed by atoms with Crippen LogP contribution >= 0.6 is 11.6 Å². The highest BCUT2D eigenvalue weighted by Crippen LogP contribution is 2.22. The molecule has 5 heteroatoms. The highest BCUT2D eigenvalue weighted by atomic mass is 35.5. The predicted molar refractivity (Wildman–Crippen MR) is 41.0 cm³/mol. The van der Waals surface area contributed by atoms with E-state index in [0.717, 1.165) is 0 Å². The van der Waals surface area contributed by atoms with Gasteiger partial charge in [-0.25, -0.2) is 0 Å². The molecule has 0 N–H and O–H groups in total. The molecular weight excluding hydrogens is 184 g/mol. The van der Waals surface area contributed by atoms with Crippen molar-refractivity contribution in [3.8, 4) is 0 Å². The third kappa shape index (κ3) is 1.72. The normalized spacial score (nSPS) is 27.5. The van der Waals surface area contributed by atoms with Crippen molar-refractivity contribution >= 4 is 11.6 Å². The van der Waals surface area contributed by atoms with Gasteiger partial charge in [0.25, 0.3) is 0 Å². The van der Waals surface area contributed by atoms with Crippen LogP contribution in [0.3, 0.4) is 0 Å². The fourth-order valence-corrected chi connectivity index (χ4v) is 1.54. The second kappa shape index (κ2) is 3.89. The van der Waals surface area contributed by atoms with Crippen LogP contribution in [-0.2, 0) is 18.9 Å². The lowest BCUT2D eigenvalue weighted by atomic mass is 10.4. The van der Waals surface area contributed by atoms with Gasteiger partial charge in [-0.05, 0) is 0 Å². The zero-order valence-electron chi connectivity index (χ0n) is 6.57. The third-order valence-corrected chi connectivity index (χ3v) is 2.23. The Bertz CT molecular complexity index is 126. The van der Waals surface area contributed by atoms with Crippen molar-refractivity contribution in [1.82, 2.24) is 0 Å². The molecule has 0 aromatic rings. The van der Waals surface area contributed by atoms with Crippen molar-refractivity contribution in [2.45, 2.75) is 18.0 Å². The summed E-state index contributed by atoms with van der Waals surface area (Å²) in [5.41, 5.74) is 0. The Morgan fingerprint density at radius 1 is 0.833 bits per heavy atom. The molecule has 0 radical (unpaired) electrons. The minimum Gasteiger partial charge on any atom is -0.348 e. The lowest BCUT2D eigenvalue weighted by molar-refractivity contribution is -0.121. The number of hydrogen-bond acceptors (Lipinski definition) is 4. The van der Waals surface area contributed by atoms with Crippen LogP contribution in [0.15, 0.2) is 0 Å². The van der Waals surface area contributed by atoms with Crippen LogP contribution in [0.5, 0.6) is 0 Å². The summed E-state index contributed by atoms with van der Waals surface area (Å²) in [7, 11) is 0. The molecule has 2 aliphatic heterocycles. The fraction of sp³-hybridized carbons (Fsp3) is 1.00. The number of halogens is 1. The smallest absolute Gasteiger partial charge is 0.178 e. The maximum atomic E-state index is 5.99. The fourth-order valence-electron chi connectivity index (χ4n) is 1.25. The van der Waals surface area contributed by atoms with E-state index < -0.39 is 0 Å². The Labute approximate surface area is 75.7 Å². The second-order valence-electron chi connectivity index (χ2n) is 2.66. The van der Waals surface area contributed by atoms with Gasteiger partial charge in [-0.1, -0.05) is 0 Å². The molecule has 0 amide bonds. The molecule has 12 heavy (non-hydrogen) atoms. The van der Waals surface area contributed by atoms with Crippen LogP contribution in [-0.4, -0.2) is 44.4 Å². The second-order valence-corrected chi connectivity index (χ2v) is 3.17. The van der Waals surface area contributed by atoms with E-state index in [-0.39, 0.29) is 18.0 Å². The third-order valence-electron chi connectivity index (χ3n) is 1.82. The predicted octanol–water partition coefficient (Wildman–Crippen LogP) is 0.340. The van der Waals surface area contributed by atoms with Crippen molar-refractivity contribution in [3.63, 3.8) is 0 Å². The largest absolute Gasteiger partial charge is 0.348 e. The molecule has 0 aromatic carbocycles. The highest BCUT2D eigenvalue weighted by Gasteiger charge is 2.35. The first kappa shape index (κ1) is 8.72. The summed E-state index contributed by atoms with van der Waals surface area (Å²) in [5, 5.41) is -0.366. The van der Waals surface area contributed by atoms with Crippen LogP contribution in [0.2, 0.25) is 0 Å². The maximum Gasteiger partial charge on any atom is 0.178 e. The van der Waals surface area contributed by atoms with Crippen molar-refractivity contribution in [3.05, 3.63) is 0 Å². The summed E-state index contributed by atoms with van der Waals surface area (Å²) in [5.74, 6) is 0. The summed E-state index contributed by atoms with van der Waals surface area (Å²) in [6.07, 6.45) is -0.760. The molecule has 0 unspecified atom stereocenters. The average Bonchev–Trinajstić information content (AvgIpc) is 2.77. The van der Waals surface area contributed by atoms with Gasteiger partial charge < -0.3 is 18.9 Å². The molecule has 4 nitrogen and oxygen atoms in total. The highest BCUT2D eigenvalue weighted by molar-refractivity contribution is 6.21. The first-order valence-corrected chi connectivity index (χ1v) is 4.42. The molecule has 0 aromatic heterocycles. The van der Waals surface area contributed by atoms with Gasteiger partial charge in [0.05, 0.1) is 26.4 Å². The molecule has 70 valence electrons. The molecule has 2 aliphatic rings.